The molecule has 0 unspecified atom stereocenters. The number of ether oxygens (including phenoxy) is 2. The van der Waals surface area contributed by atoms with Gasteiger partial charge in [0.2, 0.25) is 0 Å². The third kappa shape index (κ3) is 4.43. The largest absolute Gasteiger partial charge is 0.450 e. The van der Waals surface area contributed by atoms with Crippen LogP contribution in [0.2, 0.25) is 0 Å². The van der Waals surface area contributed by atoms with Crippen molar-refractivity contribution in [1.29, 1.82) is 0 Å². The summed E-state index contributed by atoms with van der Waals surface area (Å²) in [6.45, 7) is 9.03. The molecule has 0 saturated carbocycles. The average Bonchev–Trinajstić information content (AvgIpc) is 2.62. The van der Waals surface area contributed by atoms with E-state index in [9.17, 15) is 14.4 Å². The summed E-state index contributed by atoms with van der Waals surface area (Å²) in [5.74, 6) is 0.313. The van der Waals surface area contributed by atoms with Gasteiger partial charge in [-0.15, -0.1) is 6.58 Å². The summed E-state index contributed by atoms with van der Waals surface area (Å²) in [4.78, 5) is 41.3. The first-order valence-electron chi connectivity index (χ1n) is 8.45. The minimum Gasteiger partial charge on any atom is -0.450 e. The number of hydrogen-bond donors (Lipinski definition) is 1. The summed E-state index contributed by atoms with van der Waals surface area (Å²) < 4.78 is 11.0. The van der Waals surface area contributed by atoms with E-state index in [0.29, 0.717) is 17.0 Å². The van der Waals surface area contributed by atoms with Crippen LogP contribution in [0.15, 0.2) is 35.6 Å². The number of aromatic nitrogens is 2. The zero-order valence-corrected chi connectivity index (χ0v) is 15.5. The Morgan fingerprint density at radius 1 is 1.30 bits per heavy atom. The van der Waals surface area contributed by atoms with Crippen molar-refractivity contribution in [2.45, 2.75) is 20.8 Å². The number of carbonyl (C=O) groups is 2. The number of amides is 2. The number of aryl methyl sites for hydroxylation is 1. The molecule has 0 bridgehead atoms. The zero-order valence-electron chi connectivity index (χ0n) is 15.5. The lowest BCUT2D eigenvalue weighted by Gasteiger charge is -2.24. The number of carbonyl (C=O) groups excluding carboxylic acids is 2. The highest BCUT2D eigenvalue weighted by atomic mass is 16.6. The fraction of sp³-hybridized carbons (Fsp3) is 0.333. The van der Waals surface area contributed by atoms with Gasteiger partial charge >= 0.3 is 12.2 Å². The summed E-state index contributed by atoms with van der Waals surface area (Å²) in [5, 5.41) is 3.88. The molecule has 1 heterocycles. The minimum absolute atomic E-state index is 0.0630. The molecule has 1 aromatic carbocycles. The van der Waals surface area contributed by atoms with E-state index in [1.54, 1.807) is 32.9 Å². The second-order valence-corrected chi connectivity index (χ2v) is 5.42. The lowest BCUT2D eigenvalue weighted by Crippen LogP contribution is -2.48. The van der Waals surface area contributed by atoms with E-state index >= 15 is 0 Å². The molecule has 1 aromatic heterocycles. The van der Waals surface area contributed by atoms with Crippen molar-refractivity contribution >= 4 is 28.8 Å². The molecular formula is C18H22N4O5. The molecule has 0 radical (unpaired) electrons. The minimum atomic E-state index is -0.690. The summed E-state index contributed by atoms with van der Waals surface area (Å²) in [5.41, 5.74) is 0.340. The fourth-order valence-corrected chi connectivity index (χ4v) is 2.49. The van der Waals surface area contributed by atoms with Crippen LogP contribution >= 0.6 is 0 Å². The Hall–Kier alpha value is -3.36. The Morgan fingerprint density at radius 2 is 2.00 bits per heavy atom. The SMILES string of the molecule is C=CCN(C(=O)OCC)n1c(C)nc2ccc(NC(=O)OCC)cc2c1=O. The van der Waals surface area contributed by atoms with E-state index < -0.39 is 17.7 Å². The maximum Gasteiger partial charge on any atom is 0.429 e. The van der Waals surface area contributed by atoms with Gasteiger partial charge in [0.05, 0.1) is 30.7 Å². The van der Waals surface area contributed by atoms with E-state index in [1.807, 2.05) is 0 Å². The highest BCUT2D eigenvalue weighted by Crippen LogP contribution is 2.16. The van der Waals surface area contributed by atoms with E-state index in [4.69, 9.17) is 9.47 Å². The molecular weight excluding hydrogens is 352 g/mol. The van der Waals surface area contributed by atoms with Crippen LogP contribution in [0.4, 0.5) is 15.3 Å². The van der Waals surface area contributed by atoms with Crippen molar-refractivity contribution in [3.63, 3.8) is 0 Å². The fourth-order valence-electron chi connectivity index (χ4n) is 2.49. The predicted molar refractivity (Wildman–Crippen MR) is 102 cm³/mol. The van der Waals surface area contributed by atoms with Gasteiger partial charge in [-0.3, -0.25) is 10.1 Å². The molecule has 1 N–H and O–H groups in total. The molecule has 144 valence electrons. The Morgan fingerprint density at radius 3 is 2.63 bits per heavy atom. The summed E-state index contributed by atoms with van der Waals surface area (Å²) >= 11 is 0. The Kier molecular flexibility index (Phi) is 6.53. The molecule has 27 heavy (non-hydrogen) atoms. The molecule has 0 saturated heterocycles. The normalized spacial score (nSPS) is 10.3. The average molecular weight is 374 g/mol. The van der Waals surface area contributed by atoms with E-state index in [2.05, 4.69) is 16.9 Å². The maximum absolute atomic E-state index is 13.0. The standard InChI is InChI=1S/C18H22N4O5/c1-5-10-21(18(25)27-7-3)22-12(4)19-15-9-8-13(11-14(15)16(22)23)20-17(24)26-6-2/h5,8-9,11H,1,6-7,10H2,2-4H3,(H,20,24). The van der Waals surface area contributed by atoms with Gasteiger partial charge in [0, 0.05) is 5.69 Å². The van der Waals surface area contributed by atoms with Crippen LogP contribution in [-0.4, -0.2) is 41.6 Å². The maximum atomic E-state index is 13.0. The lowest BCUT2D eigenvalue weighted by molar-refractivity contribution is 0.153. The second kappa shape index (κ2) is 8.84. The van der Waals surface area contributed by atoms with Gasteiger partial charge in [0.25, 0.3) is 5.56 Å². The molecule has 2 amide bonds. The summed E-state index contributed by atoms with van der Waals surface area (Å²) in [6, 6.07) is 4.70. The molecule has 2 rings (SSSR count). The van der Waals surface area contributed by atoms with Crippen molar-refractivity contribution < 1.29 is 19.1 Å². The van der Waals surface area contributed by atoms with Crippen molar-refractivity contribution in [2.75, 3.05) is 30.1 Å². The predicted octanol–water partition coefficient (Wildman–Crippen LogP) is 2.55. The number of nitrogens with one attached hydrogen (secondary N) is 1. The Balaban J connectivity index is 2.56. The van der Waals surface area contributed by atoms with Gasteiger partial charge in [-0.2, -0.15) is 4.68 Å². The van der Waals surface area contributed by atoms with Gasteiger partial charge in [-0.25, -0.2) is 19.6 Å². The number of rotatable bonds is 6. The molecule has 9 heteroatoms. The Bertz CT molecular complexity index is 922. The van der Waals surface area contributed by atoms with Gasteiger partial charge in [0.1, 0.15) is 5.82 Å². The first-order chi connectivity index (χ1) is 12.9. The molecule has 0 spiro atoms. The smallest absolute Gasteiger partial charge is 0.429 e. The number of fused-ring (bicyclic) bond motifs is 1. The van der Waals surface area contributed by atoms with Crippen LogP contribution < -0.4 is 15.9 Å². The first-order valence-corrected chi connectivity index (χ1v) is 8.45. The van der Waals surface area contributed by atoms with Crippen LogP contribution in [0, 0.1) is 6.92 Å². The zero-order chi connectivity index (χ0) is 20.0. The van der Waals surface area contributed by atoms with Crippen LogP contribution in [0.25, 0.3) is 10.9 Å². The van der Waals surface area contributed by atoms with Crippen LogP contribution in [0.3, 0.4) is 0 Å². The molecule has 0 atom stereocenters. The van der Waals surface area contributed by atoms with Gasteiger partial charge < -0.3 is 9.47 Å². The molecule has 2 aromatic rings. The number of benzene rings is 1. The van der Waals surface area contributed by atoms with Gasteiger partial charge in [0.15, 0.2) is 0 Å². The summed E-state index contributed by atoms with van der Waals surface area (Å²) in [6.07, 6.45) is 0.160. The van der Waals surface area contributed by atoms with Crippen molar-refractivity contribution in [2.24, 2.45) is 0 Å². The van der Waals surface area contributed by atoms with Crippen molar-refractivity contribution in [1.82, 2.24) is 9.66 Å². The first kappa shape index (κ1) is 20.0. The van der Waals surface area contributed by atoms with E-state index in [1.165, 1.54) is 12.1 Å². The van der Waals surface area contributed by atoms with Crippen molar-refractivity contribution in [3.8, 4) is 0 Å². The van der Waals surface area contributed by atoms with Gasteiger partial charge in [-0.05, 0) is 39.0 Å². The molecule has 0 aliphatic carbocycles. The highest BCUT2D eigenvalue weighted by Gasteiger charge is 2.21. The Labute approximate surface area is 156 Å². The monoisotopic (exact) mass is 374 g/mol. The number of nitrogens with zero attached hydrogens (tertiary/aromatic N) is 3. The molecule has 0 aliphatic heterocycles. The molecule has 0 fully saturated rings. The van der Waals surface area contributed by atoms with Crippen LogP contribution in [-0.2, 0) is 9.47 Å². The van der Waals surface area contributed by atoms with Crippen LogP contribution in [0.1, 0.15) is 19.7 Å². The summed E-state index contributed by atoms with van der Waals surface area (Å²) in [7, 11) is 0. The molecule has 0 aliphatic rings. The van der Waals surface area contributed by atoms with E-state index in [-0.39, 0.29) is 25.1 Å². The topological polar surface area (TPSA) is 103 Å². The van der Waals surface area contributed by atoms with Crippen LogP contribution in [0.5, 0.6) is 0 Å². The molecule has 9 nitrogen and oxygen atoms in total. The lowest BCUT2D eigenvalue weighted by atomic mass is 10.2. The second-order valence-electron chi connectivity index (χ2n) is 5.42. The highest BCUT2D eigenvalue weighted by molar-refractivity contribution is 5.89. The quantitative estimate of drug-likeness (QED) is 0.780. The third-order valence-electron chi connectivity index (χ3n) is 3.55. The number of hydrogen-bond acceptors (Lipinski definition) is 6. The van der Waals surface area contributed by atoms with E-state index in [0.717, 1.165) is 9.69 Å². The third-order valence-corrected chi connectivity index (χ3v) is 3.55. The number of anilines is 1. The van der Waals surface area contributed by atoms with Gasteiger partial charge in [-0.1, -0.05) is 6.08 Å². The van der Waals surface area contributed by atoms with Crippen molar-refractivity contribution in [3.05, 3.63) is 47.0 Å².